The zero-order valence-electron chi connectivity index (χ0n) is 11.2. The molecular weight excluding hydrogens is 280 g/mol. The number of aliphatic hydroxyl groups is 3. The summed E-state index contributed by atoms with van der Waals surface area (Å²) >= 11 is 0. The van der Waals surface area contributed by atoms with Gasteiger partial charge in [-0.3, -0.25) is 9.78 Å². The SMILES string of the molecule is Cc1cn([C@@H]2O[C@H](CO)[C@@H](O)[C@@H]2O)c2nc(N)[nH]c(=O)c12. The van der Waals surface area contributed by atoms with E-state index in [0.29, 0.717) is 10.9 Å². The van der Waals surface area contributed by atoms with Gasteiger partial charge in [0.1, 0.15) is 18.3 Å². The minimum Gasteiger partial charge on any atom is -0.394 e. The Morgan fingerprint density at radius 3 is 2.81 bits per heavy atom. The average Bonchev–Trinajstić information content (AvgIpc) is 2.89. The first kappa shape index (κ1) is 14.0. The molecule has 0 radical (unpaired) electrons. The van der Waals surface area contributed by atoms with Crippen molar-refractivity contribution in [3.05, 3.63) is 22.1 Å². The van der Waals surface area contributed by atoms with Gasteiger partial charge in [0.25, 0.3) is 5.56 Å². The lowest BCUT2D eigenvalue weighted by Gasteiger charge is -2.17. The number of H-pyrrole nitrogens is 1. The predicted molar refractivity (Wildman–Crippen MR) is 72.5 cm³/mol. The zero-order chi connectivity index (χ0) is 15.3. The molecule has 0 spiro atoms. The van der Waals surface area contributed by atoms with Gasteiger partial charge in [-0.25, -0.2) is 0 Å². The maximum absolute atomic E-state index is 11.9. The van der Waals surface area contributed by atoms with Crippen LogP contribution in [0.15, 0.2) is 11.0 Å². The van der Waals surface area contributed by atoms with E-state index in [4.69, 9.17) is 15.6 Å². The summed E-state index contributed by atoms with van der Waals surface area (Å²) in [5.74, 6) is -0.0569. The Kier molecular flexibility index (Phi) is 3.21. The number of anilines is 1. The summed E-state index contributed by atoms with van der Waals surface area (Å²) in [6.07, 6.45) is -2.74. The summed E-state index contributed by atoms with van der Waals surface area (Å²) in [6, 6.07) is 0. The number of rotatable bonds is 2. The van der Waals surface area contributed by atoms with Crippen molar-refractivity contribution in [3.63, 3.8) is 0 Å². The number of hydrogen-bond donors (Lipinski definition) is 5. The molecule has 0 bridgehead atoms. The van der Waals surface area contributed by atoms with Gasteiger partial charge in [0.2, 0.25) is 5.95 Å². The van der Waals surface area contributed by atoms with Crippen molar-refractivity contribution in [1.82, 2.24) is 14.5 Å². The van der Waals surface area contributed by atoms with Crippen LogP contribution >= 0.6 is 0 Å². The number of nitrogen functional groups attached to an aromatic ring is 1. The fourth-order valence-electron chi connectivity index (χ4n) is 2.66. The van der Waals surface area contributed by atoms with Crippen LogP contribution in [0.25, 0.3) is 11.0 Å². The van der Waals surface area contributed by atoms with E-state index < -0.39 is 31.1 Å². The lowest BCUT2D eigenvalue weighted by atomic mass is 10.1. The van der Waals surface area contributed by atoms with Crippen LogP contribution < -0.4 is 11.3 Å². The number of aliphatic hydroxyl groups excluding tert-OH is 3. The summed E-state index contributed by atoms with van der Waals surface area (Å²) in [7, 11) is 0. The molecule has 0 unspecified atom stereocenters. The van der Waals surface area contributed by atoms with E-state index in [1.165, 1.54) is 4.57 Å². The molecule has 6 N–H and O–H groups in total. The molecule has 1 aliphatic heterocycles. The van der Waals surface area contributed by atoms with E-state index in [2.05, 4.69) is 9.97 Å². The largest absolute Gasteiger partial charge is 0.394 e. The maximum atomic E-state index is 11.9. The number of ether oxygens (including phenoxy) is 1. The number of aromatic nitrogens is 3. The van der Waals surface area contributed by atoms with Crippen LogP contribution in [0.2, 0.25) is 0 Å². The summed E-state index contributed by atoms with van der Waals surface area (Å²) in [5, 5.41) is 29.3. The standard InChI is InChI=1S/C12H16N4O5/c1-4-2-16(9-6(4)10(20)15-12(13)14-9)11-8(19)7(18)5(3-17)21-11/h2,5,7-8,11,17-19H,3H2,1H3,(H3,13,14,15,20)/t5-,7-,8+,11-/m1/s1. The van der Waals surface area contributed by atoms with E-state index in [1.54, 1.807) is 13.1 Å². The van der Waals surface area contributed by atoms with Gasteiger partial charge in [-0.1, -0.05) is 0 Å². The second-order valence-corrected chi connectivity index (χ2v) is 5.10. The molecule has 1 fully saturated rings. The van der Waals surface area contributed by atoms with E-state index in [1.807, 2.05) is 0 Å². The third-order valence-electron chi connectivity index (χ3n) is 3.68. The molecule has 114 valence electrons. The Morgan fingerprint density at radius 2 is 2.19 bits per heavy atom. The molecule has 0 aromatic carbocycles. The first-order valence-corrected chi connectivity index (χ1v) is 6.43. The van der Waals surface area contributed by atoms with Gasteiger partial charge in [-0.2, -0.15) is 4.98 Å². The molecule has 1 aliphatic rings. The summed E-state index contributed by atoms with van der Waals surface area (Å²) in [6.45, 7) is 1.29. The second-order valence-electron chi connectivity index (χ2n) is 5.10. The molecule has 1 saturated heterocycles. The summed E-state index contributed by atoms with van der Waals surface area (Å²) in [5.41, 5.74) is 6.04. The first-order chi connectivity index (χ1) is 9.93. The van der Waals surface area contributed by atoms with E-state index in [0.717, 1.165) is 0 Å². The van der Waals surface area contributed by atoms with Crippen molar-refractivity contribution in [2.24, 2.45) is 0 Å². The van der Waals surface area contributed by atoms with Crippen molar-refractivity contribution in [1.29, 1.82) is 0 Å². The van der Waals surface area contributed by atoms with Gasteiger partial charge < -0.3 is 30.4 Å². The lowest BCUT2D eigenvalue weighted by molar-refractivity contribution is -0.0508. The highest BCUT2D eigenvalue weighted by Crippen LogP contribution is 2.32. The monoisotopic (exact) mass is 296 g/mol. The summed E-state index contributed by atoms with van der Waals surface area (Å²) in [4.78, 5) is 18.4. The van der Waals surface area contributed by atoms with Crippen LogP contribution in [0, 0.1) is 6.92 Å². The van der Waals surface area contributed by atoms with Crippen LogP contribution in [0.5, 0.6) is 0 Å². The molecule has 4 atom stereocenters. The molecule has 0 aliphatic carbocycles. The Hall–Kier alpha value is -1.94. The fraction of sp³-hybridized carbons (Fsp3) is 0.500. The topological polar surface area (TPSA) is 147 Å². The zero-order valence-corrected chi connectivity index (χ0v) is 11.2. The van der Waals surface area contributed by atoms with Crippen LogP contribution in [-0.2, 0) is 4.74 Å². The Morgan fingerprint density at radius 1 is 1.48 bits per heavy atom. The average molecular weight is 296 g/mol. The third kappa shape index (κ3) is 2.02. The van der Waals surface area contributed by atoms with Crippen molar-refractivity contribution < 1.29 is 20.1 Å². The van der Waals surface area contributed by atoms with Crippen molar-refractivity contribution in [3.8, 4) is 0 Å². The predicted octanol–water partition coefficient (Wildman–Crippen LogP) is -1.77. The van der Waals surface area contributed by atoms with Gasteiger partial charge in [-0.15, -0.1) is 0 Å². The molecule has 0 amide bonds. The molecular formula is C12H16N4O5. The summed E-state index contributed by atoms with van der Waals surface area (Å²) < 4.78 is 6.89. The van der Waals surface area contributed by atoms with Gasteiger partial charge in [-0.05, 0) is 12.5 Å². The molecule has 0 saturated carbocycles. The quantitative estimate of drug-likeness (QED) is 0.440. The molecule has 3 heterocycles. The first-order valence-electron chi connectivity index (χ1n) is 6.43. The number of nitrogens with two attached hydrogens (primary N) is 1. The Balaban J connectivity index is 2.16. The van der Waals surface area contributed by atoms with Crippen molar-refractivity contribution >= 4 is 17.0 Å². The highest BCUT2D eigenvalue weighted by Gasteiger charge is 2.44. The van der Waals surface area contributed by atoms with E-state index in [9.17, 15) is 15.0 Å². The van der Waals surface area contributed by atoms with Crippen molar-refractivity contribution in [2.45, 2.75) is 31.5 Å². The van der Waals surface area contributed by atoms with Crippen LogP contribution in [0.3, 0.4) is 0 Å². The number of hydrogen-bond acceptors (Lipinski definition) is 7. The number of aromatic amines is 1. The normalized spacial score (nSPS) is 29.3. The van der Waals surface area contributed by atoms with Gasteiger partial charge in [0.15, 0.2) is 11.9 Å². The highest BCUT2D eigenvalue weighted by atomic mass is 16.6. The van der Waals surface area contributed by atoms with Gasteiger partial charge in [0, 0.05) is 6.20 Å². The van der Waals surface area contributed by atoms with Crippen molar-refractivity contribution in [2.75, 3.05) is 12.3 Å². The minimum absolute atomic E-state index is 0.0569. The number of nitrogens with zero attached hydrogens (tertiary/aromatic N) is 2. The van der Waals surface area contributed by atoms with Gasteiger partial charge >= 0.3 is 0 Å². The second kappa shape index (κ2) is 4.81. The molecule has 2 aromatic heterocycles. The fourth-order valence-corrected chi connectivity index (χ4v) is 2.66. The Bertz CT molecular complexity index is 739. The number of aryl methyl sites for hydroxylation is 1. The number of fused-ring (bicyclic) bond motifs is 1. The lowest BCUT2D eigenvalue weighted by Crippen LogP contribution is -2.33. The van der Waals surface area contributed by atoms with Gasteiger partial charge in [0.05, 0.1) is 12.0 Å². The molecule has 21 heavy (non-hydrogen) atoms. The molecule has 9 nitrogen and oxygen atoms in total. The highest BCUT2D eigenvalue weighted by molar-refractivity contribution is 5.80. The number of nitrogens with one attached hydrogen (secondary N) is 1. The minimum atomic E-state index is -1.25. The van der Waals surface area contributed by atoms with E-state index in [-0.39, 0.29) is 17.2 Å². The van der Waals surface area contributed by atoms with Crippen LogP contribution in [-0.4, -0.2) is 54.8 Å². The van der Waals surface area contributed by atoms with E-state index >= 15 is 0 Å². The Labute approximate surface area is 118 Å². The molecule has 9 heteroatoms. The maximum Gasteiger partial charge on any atom is 0.262 e. The van der Waals surface area contributed by atoms with Crippen LogP contribution in [0.1, 0.15) is 11.8 Å². The third-order valence-corrected chi connectivity index (χ3v) is 3.68. The molecule has 2 aromatic rings. The molecule has 3 rings (SSSR count). The smallest absolute Gasteiger partial charge is 0.262 e. The van der Waals surface area contributed by atoms with Crippen LogP contribution in [0.4, 0.5) is 5.95 Å².